The van der Waals surface area contributed by atoms with E-state index >= 15 is 0 Å². The summed E-state index contributed by atoms with van der Waals surface area (Å²) in [5, 5.41) is 1.22. The van der Waals surface area contributed by atoms with E-state index in [9.17, 15) is 0 Å². The Bertz CT molecular complexity index is 164. The molecule has 0 fully saturated rings. The topological polar surface area (TPSA) is 0 Å². The van der Waals surface area contributed by atoms with Gasteiger partial charge in [-0.05, 0) is 19.9 Å². The van der Waals surface area contributed by atoms with Gasteiger partial charge in [0, 0.05) is 10.1 Å². The van der Waals surface area contributed by atoms with E-state index < -0.39 is 0 Å². The van der Waals surface area contributed by atoms with E-state index in [1.807, 2.05) is 13.8 Å². The molecule has 0 atom stereocenters. The van der Waals surface area contributed by atoms with E-state index in [4.69, 9.17) is 34.8 Å². The molecule has 0 N–H and O–H groups in total. The Kier molecular flexibility index (Phi) is 5.24. The summed E-state index contributed by atoms with van der Waals surface area (Å²) in [7, 11) is 0. The quantitative estimate of drug-likeness (QED) is 0.468. The van der Waals surface area contributed by atoms with Crippen LogP contribution < -0.4 is 0 Å². The number of halogens is 3. The van der Waals surface area contributed by atoms with Crippen LogP contribution in [0, 0.1) is 0 Å². The molecule has 3 heteroatoms. The van der Waals surface area contributed by atoms with Gasteiger partial charge in [-0.2, -0.15) is 0 Å². The Morgan fingerprint density at radius 3 is 2.10 bits per heavy atom. The minimum Gasteiger partial charge on any atom is -0.121 e. The van der Waals surface area contributed by atoms with Crippen molar-refractivity contribution in [2.75, 3.05) is 5.88 Å². The second kappa shape index (κ2) is 5.06. The maximum atomic E-state index is 5.75. The zero-order chi connectivity index (χ0) is 8.15. The number of hydrogen-bond acceptors (Lipinski definition) is 0. The standard InChI is InChI=1S/C7H9Cl3/c1-5(2)7(10)3-6(9)4-8/h3H,4H2,1-2H3/b6-3+. The molecule has 0 nitrogen and oxygen atoms in total. The van der Waals surface area contributed by atoms with Gasteiger partial charge < -0.3 is 0 Å². The number of hydrogen-bond donors (Lipinski definition) is 0. The van der Waals surface area contributed by atoms with Crippen molar-refractivity contribution in [1.82, 2.24) is 0 Å². The zero-order valence-corrected chi connectivity index (χ0v) is 8.19. The SMILES string of the molecule is CC(C)=C(Cl)/C=C(/Cl)CCl. The van der Waals surface area contributed by atoms with Crippen molar-refractivity contribution >= 4 is 34.8 Å². The average molecular weight is 200 g/mol. The highest BCUT2D eigenvalue weighted by Gasteiger charge is 1.92. The highest BCUT2D eigenvalue weighted by Crippen LogP contribution is 2.15. The van der Waals surface area contributed by atoms with Crippen molar-refractivity contribution in [3.8, 4) is 0 Å². The lowest BCUT2D eigenvalue weighted by Crippen LogP contribution is -1.75. The van der Waals surface area contributed by atoms with Gasteiger partial charge in [0.05, 0.1) is 5.88 Å². The van der Waals surface area contributed by atoms with Gasteiger partial charge in [0.15, 0.2) is 0 Å². The van der Waals surface area contributed by atoms with Crippen LogP contribution in [0.15, 0.2) is 21.7 Å². The van der Waals surface area contributed by atoms with Gasteiger partial charge >= 0.3 is 0 Å². The molecule has 0 aliphatic carbocycles. The summed E-state index contributed by atoms with van der Waals surface area (Å²) in [4.78, 5) is 0. The third kappa shape index (κ3) is 4.21. The first-order valence-electron chi connectivity index (χ1n) is 2.83. The summed E-state index contributed by atoms with van der Waals surface area (Å²) >= 11 is 16.8. The molecule has 0 saturated carbocycles. The summed E-state index contributed by atoms with van der Waals surface area (Å²) in [6, 6.07) is 0. The van der Waals surface area contributed by atoms with Crippen molar-refractivity contribution in [3.63, 3.8) is 0 Å². The fourth-order valence-corrected chi connectivity index (χ4v) is 0.694. The van der Waals surface area contributed by atoms with Crippen LogP contribution in [-0.2, 0) is 0 Å². The van der Waals surface area contributed by atoms with Gasteiger partial charge in [0.25, 0.3) is 0 Å². The molecule has 0 aromatic heterocycles. The molecule has 58 valence electrons. The van der Waals surface area contributed by atoms with Crippen molar-refractivity contribution in [1.29, 1.82) is 0 Å². The fraction of sp³-hybridized carbons (Fsp3) is 0.429. The average Bonchev–Trinajstić information content (AvgIpc) is 1.87. The Morgan fingerprint density at radius 2 is 1.80 bits per heavy atom. The largest absolute Gasteiger partial charge is 0.121 e. The van der Waals surface area contributed by atoms with Gasteiger partial charge in [0.2, 0.25) is 0 Å². The predicted octanol–water partition coefficient (Wildman–Crippen LogP) is 3.88. The normalized spacial score (nSPS) is 11.5. The smallest absolute Gasteiger partial charge is 0.0582 e. The monoisotopic (exact) mass is 198 g/mol. The van der Waals surface area contributed by atoms with Crippen LogP contribution in [-0.4, -0.2) is 5.88 Å². The van der Waals surface area contributed by atoms with Crippen molar-refractivity contribution in [2.45, 2.75) is 13.8 Å². The van der Waals surface area contributed by atoms with Crippen molar-refractivity contribution in [2.24, 2.45) is 0 Å². The third-order valence-corrected chi connectivity index (χ3v) is 2.04. The Hall–Kier alpha value is 0.350. The maximum Gasteiger partial charge on any atom is 0.0582 e. The number of rotatable bonds is 2. The molecule has 0 aliphatic rings. The molecule has 0 aromatic rings. The van der Waals surface area contributed by atoms with Gasteiger partial charge in [-0.1, -0.05) is 28.8 Å². The van der Waals surface area contributed by atoms with Gasteiger partial charge in [-0.3, -0.25) is 0 Å². The van der Waals surface area contributed by atoms with E-state index in [-0.39, 0.29) is 0 Å². The van der Waals surface area contributed by atoms with Crippen LogP contribution in [0.5, 0.6) is 0 Å². The Morgan fingerprint density at radius 1 is 1.30 bits per heavy atom. The van der Waals surface area contributed by atoms with E-state index in [1.165, 1.54) is 0 Å². The lowest BCUT2D eigenvalue weighted by atomic mass is 10.3. The Balaban J connectivity index is 4.27. The van der Waals surface area contributed by atoms with Crippen LogP contribution in [0.4, 0.5) is 0 Å². The molecule has 0 unspecified atom stereocenters. The molecule has 0 radical (unpaired) electrons. The van der Waals surface area contributed by atoms with Crippen molar-refractivity contribution in [3.05, 3.63) is 21.7 Å². The summed E-state index contributed by atoms with van der Waals surface area (Å²) in [5.74, 6) is 0.311. The molecular formula is C7H9Cl3. The first-order chi connectivity index (χ1) is 4.57. The summed E-state index contributed by atoms with van der Waals surface area (Å²) in [5.41, 5.74) is 1.03. The van der Waals surface area contributed by atoms with Crippen molar-refractivity contribution < 1.29 is 0 Å². The van der Waals surface area contributed by atoms with Crippen LogP contribution in [0.2, 0.25) is 0 Å². The number of allylic oxidation sites excluding steroid dienone is 4. The van der Waals surface area contributed by atoms with Crippen LogP contribution in [0.3, 0.4) is 0 Å². The third-order valence-electron chi connectivity index (χ3n) is 0.889. The first-order valence-corrected chi connectivity index (χ1v) is 4.12. The molecule has 0 aliphatic heterocycles. The molecule has 0 heterocycles. The maximum absolute atomic E-state index is 5.75. The highest BCUT2D eigenvalue weighted by molar-refractivity contribution is 6.38. The summed E-state index contributed by atoms with van der Waals surface area (Å²) < 4.78 is 0. The minimum atomic E-state index is 0.311. The highest BCUT2D eigenvalue weighted by atomic mass is 35.5. The molecular weight excluding hydrogens is 190 g/mol. The molecule has 10 heavy (non-hydrogen) atoms. The second-order valence-electron chi connectivity index (χ2n) is 2.07. The van der Waals surface area contributed by atoms with Gasteiger partial charge in [-0.15, -0.1) is 11.6 Å². The Labute approximate surface area is 76.5 Å². The fourth-order valence-electron chi connectivity index (χ4n) is 0.320. The van der Waals surface area contributed by atoms with Gasteiger partial charge in [-0.25, -0.2) is 0 Å². The van der Waals surface area contributed by atoms with Crippen LogP contribution >= 0.6 is 34.8 Å². The number of alkyl halides is 1. The lowest BCUT2D eigenvalue weighted by molar-refractivity contribution is 1.37. The van der Waals surface area contributed by atoms with E-state index in [2.05, 4.69) is 0 Å². The van der Waals surface area contributed by atoms with Gasteiger partial charge in [0.1, 0.15) is 0 Å². The molecule has 0 bridgehead atoms. The van der Waals surface area contributed by atoms with E-state index in [0.717, 1.165) is 5.57 Å². The summed E-state index contributed by atoms with van der Waals surface area (Å²) in [6.07, 6.45) is 1.66. The van der Waals surface area contributed by atoms with Crippen LogP contribution in [0.25, 0.3) is 0 Å². The predicted molar refractivity (Wildman–Crippen MR) is 48.9 cm³/mol. The molecule has 0 rings (SSSR count). The van der Waals surface area contributed by atoms with Crippen LogP contribution in [0.1, 0.15) is 13.8 Å². The second-order valence-corrected chi connectivity index (χ2v) is 3.23. The lowest BCUT2D eigenvalue weighted by Gasteiger charge is -1.93. The molecule has 0 spiro atoms. The van der Waals surface area contributed by atoms with E-state index in [1.54, 1.807) is 6.08 Å². The van der Waals surface area contributed by atoms with E-state index in [0.29, 0.717) is 15.9 Å². The minimum absolute atomic E-state index is 0.311. The molecule has 0 saturated heterocycles. The summed E-state index contributed by atoms with van der Waals surface area (Å²) in [6.45, 7) is 3.83. The molecule has 0 amide bonds. The molecule has 0 aromatic carbocycles. The zero-order valence-electron chi connectivity index (χ0n) is 5.92. The first kappa shape index (κ1) is 10.3.